The van der Waals surface area contributed by atoms with Gasteiger partial charge in [-0.1, -0.05) is 0 Å². The van der Waals surface area contributed by atoms with Crippen LogP contribution in [-0.4, -0.2) is 43.4 Å². The first-order chi connectivity index (χ1) is 9.48. The second-order valence-corrected chi connectivity index (χ2v) is 5.76. The van der Waals surface area contributed by atoms with Gasteiger partial charge in [0.1, 0.15) is 11.5 Å². The van der Waals surface area contributed by atoms with E-state index in [0.29, 0.717) is 6.04 Å². The molecule has 112 valence electrons. The summed E-state index contributed by atoms with van der Waals surface area (Å²) in [6.07, 6.45) is 1.48. The van der Waals surface area contributed by atoms with E-state index in [4.69, 9.17) is 9.47 Å². The van der Waals surface area contributed by atoms with Crippen LogP contribution in [-0.2, 0) is 5.60 Å². The Morgan fingerprint density at radius 3 is 1.95 bits per heavy atom. The van der Waals surface area contributed by atoms with Gasteiger partial charge >= 0.3 is 0 Å². The Morgan fingerprint density at radius 2 is 1.55 bits per heavy atom. The van der Waals surface area contributed by atoms with Gasteiger partial charge in [-0.25, -0.2) is 0 Å². The Hall–Kier alpha value is -1.26. The van der Waals surface area contributed by atoms with Crippen molar-refractivity contribution >= 4 is 0 Å². The molecule has 0 bridgehead atoms. The molecule has 1 aromatic carbocycles. The molecule has 0 saturated carbocycles. The fourth-order valence-corrected chi connectivity index (χ4v) is 2.78. The van der Waals surface area contributed by atoms with Crippen molar-refractivity contribution in [3.05, 3.63) is 23.8 Å². The summed E-state index contributed by atoms with van der Waals surface area (Å²) in [4.78, 5) is 2.39. The molecule has 0 aromatic heterocycles. The van der Waals surface area contributed by atoms with E-state index >= 15 is 0 Å². The van der Waals surface area contributed by atoms with E-state index in [-0.39, 0.29) is 0 Å². The number of benzene rings is 1. The summed E-state index contributed by atoms with van der Waals surface area (Å²) in [7, 11) is 3.26. The Morgan fingerprint density at radius 1 is 1.05 bits per heavy atom. The molecule has 1 saturated heterocycles. The predicted octanol–water partition coefficient (Wildman–Crippen LogP) is 2.40. The van der Waals surface area contributed by atoms with E-state index in [2.05, 4.69) is 18.7 Å². The maximum absolute atomic E-state index is 10.9. The normalized spacial score (nSPS) is 19.1. The molecule has 1 aliphatic rings. The third kappa shape index (κ3) is 3.07. The standard InChI is InChI=1S/C16H25NO3/c1-12(2)17-7-5-16(18,6-8-17)13-9-14(19-3)11-15(10-13)20-4/h9-12,18H,5-8H2,1-4H3. The van der Waals surface area contributed by atoms with Crippen molar-refractivity contribution in [2.45, 2.75) is 38.3 Å². The highest BCUT2D eigenvalue weighted by atomic mass is 16.5. The molecular formula is C16H25NO3. The molecule has 0 radical (unpaired) electrons. The van der Waals surface area contributed by atoms with Gasteiger partial charge in [-0.3, -0.25) is 0 Å². The maximum atomic E-state index is 10.9. The zero-order valence-corrected chi connectivity index (χ0v) is 12.8. The molecule has 1 heterocycles. The second-order valence-electron chi connectivity index (χ2n) is 5.76. The molecule has 2 rings (SSSR count). The van der Waals surface area contributed by atoms with E-state index in [1.165, 1.54) is 0 Å². The summed E-state index contributed by atoms with van der Waals surface area (Å²) in [5, 5.41) is 10.9. The van der Waals surface area contributed by atoms with E-state index in [1.807, 2.05) is 18.2 Å². The summed E-state index contributed by atoms with van der Waals surface area (Å²) in [5.74, 6) is 1.44. The van der Waals surface area contributed by atoms with Crippen molar-refractivity contribution in [3.8, 4) is 11.5 Å². The van der Waals surface area contributed by atoms with Gasteiger partial charge in [0, 0.05) is 25.2 Å². The summed E-state index contributed by atoms with van der Waals surface area (Å²) < 4.78 is 10.6. The highest BCUT2D eigenvalue weighted by molar-refractivity contribution is 5.41. The van der Waals surface area contributed by atoms with Crippen LogP contribution in [0.2, 0.25) is 0 Å². The molecule has 0 atom stereocenters. The van der Waals surface area contributed by atoms with Crippen molar-refractivity contribution in [1.29, 1.82) is 0 Å². The predicted molar refractivity (Wildman–Crippen MR) is 79.4 cm³/mol. The molecule has 4 heteroatoms. The molecule has 1 aliphatic heterocycles. The first-order valence-corrected chi connectivity index (χ1v) is 7.18. The SMILES string of the molecule is COc1cc(OC)cc(C2(O)CCN(C(C)C)CC2)c1. The molecule has 1 N–H and O–H groups in total. The van der Waals surface area contributed by atoms with Crippen molar-refractivity contribution in [3.63, 3.8) is 0 Å². The minimum Gasteiger partial charge on any atom is -0.497 e. The van der Waals surface area contributed by atoms with Crippen LogP contribution in [0.25, 0.3) is 0 Å². The van der Waals surface area contributed by atoms with Crippen LogP contribution in [0.15, 0.2) is 18.2 Å². The first kappa shape index (κ1) is 15.1. The zero-order chi connectivity index (χ0) is 14.8. The molecular weight excluding hydrogens is 254 g/mol. The van der Waals surface area contributed by atoms with E-state index < -0.39 is 5.60 Å². The topological polar surface area (TPSA) is 41.9 Å². The Bertz CT molecular complexity index is 429. The van der Waals surface area contributed by atoms with Crippen LogP contribution in [0.4, 0.5) is 0 Å². The average molecular weight is 279 g/mol. The van der Waals surface area contributed by atoms with Crippen LogP contribution in [0.5, 0.6) is 11.5 Å². The fourth-order valence-electron chi connectivity index (χ4n) is 2.78. The van der Waals surface area contributed by atoms with Gasteiger partial charge in [0.05, 0.1) is 19.8 Å². The average Bonchev–Trinajstić information content (AvgIpc) is 2.47. The molecule has 4 nitrogen and oxygen atoms in total. The minimum atomic E-state index is -0.785. The van der Waals surface area contributed by atoms with Gasteiger partial charge in [-0.15, -0.1) is 0 Å². The zero-order valence-electron chi connectivity index (χ0n) is 12.8. The van der Waals surface area contributed by atoms with E-state index in [1.54, 1.807) is 14.2 Å². The Balaban J connectivity index is 2.22. The number of ether oxygens (including phenoxy) is 2. The number of rotatable bonds is 4. The van der Waals surface area contributed by atoms with Gasteiger partial charge in [0.2, 0.25) is 0 Å². The van der Waals surface area contributed by atoms with Gasteiger partial charge in [-0.2, -0.15) is 0 Å². The lowest BCUT2D eigenvalue weighted by atomic mass is 9.84. The molecule has 0 amide bonds. The molecule has 0 unspecified atom stereocenters. The number of hydrogen-bond donors (Lipinski definition) is 1. The molecule has 1 aromatic rings. The summed E-state index contributed by atoms with van der Waals surface area (Å²) >= 11 is 0. The number of hydrogen-bond acceptors (Lipinski definition) is 4. The largest absolute Gasteiger partial charge is 0.497 e. The van der Waals surface area contributed by atoms with Gasteiger partial charge < -0.3 is 19.5 Å². The highest BCUT2D eigenvalue weighted by Gasteiger charge is 2.35. The molecule has 1 fully saturated rings. The summed E-state index contributed by atoms with van der Waals surface area (Å²) in [6.45, 7) is 6.21. The second kappa shape index (κ2) is 6.02. The molecule has 0 aliphatic carbocycles. The number of piperidine rings is 1. The Kier molecular flexibility index (Phi) is 4.55. The quantitative estimate of drug-likeness (QED) is 0.919. The number of methoxy groups -OCH3 is 2. The van der Waals surface area contributed by atoms with E-state index in [9.17, 15) is 5.11 Å². The van der Waals surface area contributed by atoms with Crippen LogP contribution >= 0.6 is 0 Å². The van der Waals surface area contributed by atoms with Crippen LogP contribution in [0.1, 0.15) is 32.3 Å². The van der Waals surface area contributed by atoms with Crippen molar-refractivity contribution in [2.24, 2.45) is 0 Å². The summed E-state index contributed by atoms with van der Waals surface area (Å²) in [5.41, 5.74) is 0.102. The van der Waals surface area contributed by atoms with Crippen LogP contribution in [0.3, 0.4) is 0 Å². The van der Waals surface area contributed by atoms with E-state index in [0.717, 1.165) is 43.0 Å². The number of aliphatic hydroxyl groups is 1. The lowest BCUT2D eigenvalue weighted by Gasteiger charge is -2.40. The lowest BCUT2D eigenvalue weighted by molar-refractivity contribution is -0.0326. The van der Waals surface area contributed by atoms with Crippen LogP contribution < -0.4 is 9.47 Å². The van der Waals surface area contributed by atoms with Gasteiger partial charge in [-0.05, 0) is 44.4 Å². The fraction of sp³-hybridized carbons (Fsp3) is 0.625. The van der Waals surface area contributed by atoms with Crippen molar-refractivity contribution in [2.75, 3.05) is 27.3 Å². The van der Waals surface area contributed by atoms with Gasteiger partial charge in [0.25, 0.3) is 0 Å². The number of likely N-dealkylation sites (tertiary alicyclic amines) is 1. The van der Waals surface area contributed by atoms with Crippen molar-refractivity contribution in [1.82, 2.24) is 4.90 Å². The van der Waals surface area contributed by atoms with Crippen molar-refractivity contribution < 1.29 is 14.6 Å². The number of nitrogens with zero attached hydrogens (tertiary/aromatic N) is 1. The molecule has 20 heavy (non-hydrogen) atoms. The first-order valence-electron chi connectivity index (χ1n) is 7.18. The summed E-state index contributed by atoms with van der Waals surface area (Å²) in [6, 6.07) is 6.18. The van der Waals surface area contributed by atoms with Gasteiger partial charge in [0.15, 0.2) is 0 Å². The molecule has 0 spiro atoms. The third-order valence-electron chi connectivity index (χ3n) is 4.24. The lowest BCUT2D eigenvalue weighted by Crippen LogP contribution is -2.45. The Labute approximate surface area is 121 Å². The highest BCUT2D eigenvalue weighted by Crippen LogP contribution is 2.37. The smallest absolute Gasteiger partial charge is 0.122 e. The van der Waals surface area contributed by atoms with Crippen LogP contribution in [0, 0.1) is 0 Å². The maximum Gasteiger partial charge on any atom is 0.122 e. The third-order valence-corrected chi connectivity index (χ3v) is 4.24. The minimum absolute atomic E-state index is 0.527. The monoisotopic (exact) mass is 279 g/mol.